The first-order valence-corrected chi connectivity index (χ1v) is 6.60. The monoisotopic (exact) mass is 266 g/mol. The summed E-state index contributed by atoms with van der Waals surface area (Å²) in [5.74, 6) is 0.534. The van der Waals surface area contributed by atoms with Crippen LogP contribution in [0, 0.1) is 6.92 Å². The van der Waals surface area contributed by atoms with Gasteiger partial charge in [0.25, 0.3) is 0 Å². The van der Waals surface area contributed by atoms with Crippen molar-refractivity contribution in [2.24, 2.45) is 0 Å². The molecule has 0 aliphatic heterocycles. The average Bonchev–Trinajstić information content (AvgIpc) is 2.48. The lowest BCUT2D eigenvalue weighted by Gasteiger charge is -1.99. The van der Waals surface area contributed by atoms with E-state index in [1.165, 1.54) is 5.56 Å². The molecule has 4 nitrogen and oxygen atoms in total. The highest BCUT2D eigenvalue weighted by atomic mass is 14.8. The predicted octanol–water partition coefficient (Wildman–Crippen LogP) is 3.54. The Labute approximate surface area is 119 Å². The number of nitrogens with zero attached hydrogens (tertiary/aromatic N) is 4. The maximum atomic E-state index is 4.31. The van der Waals surface area contributed by atoms with Gasteiger partial charge in [-0.1, -0.05) is 26.0 Å². The zero-order chi connectivity index (χ0) is 14.4. The van der Waals surface area contributed by atoms with Gasteiger partial charge in [0, 0.05) is 18.6 Å². The Bertz CT molecular complexity index is 665. The predicted molar refractivity (Wildman–Crippen MR) is 80.4 cm³/mol. The molecular weight excluding hydrogens is 248 g/mol. The molecule has 0 aliphatic carbocycles. The van der Waals surface area contributed by atoms with E-state index in [0.29, 0.717) is 5.92 Å². The van der Waals surface area contributed by atoms with Crippen LogP contribution in [0.1, 0.15) is 31.0 Å². The van der Waals surface area contributed by atoms with Gasteiger partial charge < -0.3 is 0 Å². The molecule has 2 aromatic heterocycles. The Hall–Kier alpha value is -2.36. The summed E-state index contributed by atoms with van der Waals surface area (Å²) >= 11 is 0. The van der Waals surface area contributed by atoms with Crippen LogP contribution < -0.4 is 0 Å². The zero-order valence-electron chi connectivity index (χ0n) is 12.0. The molecule has 3 rings (SSSR count). The van der Waals surface area contributed by atoms with Crippen LogP contribution in [0.4, 0.5) is 0 Å². The third-order valence-electron chi connectivity index (χ3n) is 2.82. The van der Waals surface area contributed by atoms with Crippen molar-refractivity contribution >= 4 is 11.0 Å². The molecule has 0 atom stereocenters. The third kappa shape index (κ3) is 3.82. The zero-order valence-corrected chi connectivity index (χ0v) is 12.0. The van der Waals surface area contributed by atoms with Crippen LogP contribution in [0.2, 0.25) is 0 Å². The highest BCUT2D eigenvalue weighted by molar-refractivity contribution is 5.73. The molecule has 0 radical (unpaired) electrons. The van der Waals surface area contributed by atoms with E-state index in [9.17, 15) is 0 Å². The van der Waals surface area contributed by atoms with Gasteiger partial charge in [0.15, 0.2) is 0 Å². The van der Waals surface area contributed by atoms with Gasteiger partial charge in [-0.2, -0.15) is 0 Å². The molecule has 0 amide bonds. The topological polar surface area (TPSA) is 51.6 Å². The van der Waals surface area contributed by atoms with Gasteiger partial charge in [-0.15, -0.1) is 0 Å². The first-order valence-electron chi connectivity index (χ1n) is 6.60. The fourth-order valence-electron chi connectivity index (χ4n) is 1.66. The Kier molecular flexibility index (Phi) is 4.71. The van der Waals surface area contributed by atoms with Crippen molar-refractivity contribution in [2.75, 3.05) is 0 Å². The molecule has 0 aliphatic rings. The second kappa shape index (κ2) is 6.70. The molecule has 3 aromatic rings. The Morgan fingerprint density at radius 3 is 2.15 bits per heavy atom. The van der Waals surface area contributed by atoms with Gasteiger partial charge in [-0.3, -0.25) is 4.98 Å². The van der Waals surface area contributed by atoms with Crippen molar-refractivity contribution in [1.82, 2.24) is 19.9 Å². The van der Waals surface area contributed by atoms with E-state index < -0.39 is 0 Å². The van der Waals surface area contributed by atoms with Crippen LogP contribution >= 0.6 is 0 Å². The lowest BCUT2D eigenvalue weighted by Crippen LogP contribution is -1.88. The number of rotatable bonds is 1. The molecule has 4 heteroatoms. The van der Waals surface area contributed by atoms with E-state index in [4.69, 9.17) is 0 Å². The summed E-state index contributed by atoms with van der Waals surface area (Å²) in [5, 5.41) is 0. The van der Waals surface area contributed by atoms with Crippen LogP contribution in [-0.2, 0) is 0 Å². The van der Waals surface area contributed by atoms with Crippen molar-refractivity contribution in [3.05, 3.63) is 60.4 Å². The largest absolute Gasteiger partial charge is 0.253 e. The summed E-state index contributed by atoms with van der Waals surface area (Å²) in [4.78, 5) is 16.3. The number of hydrogen-bond acceptors (Lipinski definition) is 4. The van der Waals surface area contributed by atoms with E-state index in [1.54, 1.807) is 12.5 Å². The average molecular weight is 266 g/mol. The Morgan fingerprint density at radius 1 is 0.900 bits per heavy atom. The third-order valence-corrected chi connectivity index (χ3v) is 2.82. The minimum atomic E-state index is 0.534. The summed E-state index contributed by atoms with van der Waals surface area (Å²) < 4.78 is 0. The lowest BCUT2D eigenvalue weighted by atomic mass is 10.1. The quantitative estimate of drug-likeness (QED) is 0.676. The highest BCUT2D eigenvalue weighted by Crippen LogP contribution is 2.09. The summed E-state index contributed by atoms with van der Waals surface area (Å²) in [6.07, 6.45) is 7.02. The molecule has 0 saturated carbocycles. The molecule has 0 unspecified atom stereocenters. The second-order valence-corrected chi connectivity index (χ2v) is 4.83. The van der Waals surface area contributed by atoms with Gasteiger partial charge in [-0.25, -0.2) is 15.0 Å². The van der Waals surface area contributed by atoms with Crippen LogP contribution in [0.5, 0.6) is 0 Å². The van der Waals surface area contributed by atoms with Gasteiger partial charge in [0.1, 0.15) is 6.33 Å². The number of aromatic nitrogens is 4. The van der Waals surface area contributed by atoms with Crippen molar-refractivity contribution in [3.8, 4) is 0 Å². The molecular formula is C16H18N4. The first-order chi connectivity index (χ1) is 9.66. The van der Waals surface area contributed by atoms with Crippen molar-refractivity contribution in [2.45, 2.75) is 26.7 Å². The number of fused-ring (bicyclic) bond motifs is 1. The lowest BCUT2D eigenvalue weighted by molar-refractivity contribution is 0.845. The van der Waals surface area contributed by atoms with E-state index in [1.807, 2.05) is 43.6 Å². The maximum absolute atomic E-state index is 4.31. The number of hydrogen-bond donors (Lipinski definition) is 0. The number of para-hydroxylation sites is 2. The van der Waals surface area contributed by atoms with Crippen molar-refractivity contribution in [3.63, 3.8) is 0 Å². The Morgan fingerprint density at radius 2 is 1.55 bits per heavy atom. The van der Waals surface area contributed by atoms with Gasteiger partial charge in [0.05, 0.1) is 16.7 Å². The fourth-order valence-corrected chi connectivity index (χ4v) is 1.66. The van der Waals surface area contributed by atoms with Gasteiger partial charge in [0.2, 0.25) is 0 Å². The van der Waals surface area contributed by atoms with E-state index >= 15 is 0 Å². The number of aryl methyl sites for hydroxylation is 1. The molecule has 2 heterocycles. The molecule has 1 aromatic carbocycles. The van der Waals surface area contributed by atoms with Crippen molar-refractivity contribution in [1.29, 1.82) is 0 Å². The van der Waals surface area contributed by atoms with E-state index in [2.05, 4.69) is 33.8 Å². The van der Waals surface area contributed by atoms with Gasteiger partial charge in [-0.05, 0) is 30.5 Å². The molecule has 0 N–H and O–H groups in total. The molecule has 102 valence electrons. The smallest absolute Gasteiger partial charge is 0.115 e. The summed E-state index contributed by atoms with van der Waals surface area (Å²) in [7, 11) is 0. The minimum Gasteiger partial charge on any atom is -0.253 e. The summed E-state index contributed by atoms with van der Waals surface area (Å²) in [6, 6.07) is 7.86. The van der Waals surface area contributed by atoms with Crippen molar-refractivity contribution < 1.29 is 0 Å². The minimum absolute atomic E-state index is 0.534. The molecule has 0 bridgehead atoms. The van der Waals surface area contributed by atoms with Crippen LogP contribution in [-0.4, -0.2) is 19.9 Å². The molecule has 0 fully saturated rings. The normalized spacial score (nSPS) is 10.2. The highest BCUT2D eigenvalue weighted by Gasteiger charge is 1.95. The summed E-state index contributed by atoms with van der Waals surface area (Å²) in [6.45, 7) is 6.19. The second-order valence-electron chi connectivity index (χ2n) is 4.83. The van der Waals surface area contributed by atoms with Crippen LogP contribution in [0.15, 0.2) is 49.2 Å². The molecule has 20 heavy (non-hydrogen) atoms. The van der Waals surface area contributed by atoms with Gasteiger partial charge >= 0.3 is 0 Å². The van der Waals surface area contributed by atoms with E-state index in [0.717, 1.165) is 16.7 Å². The first kappa shape index (κ1) is 14.1. The Balaban J connectivity index is 0.000000151. The van der Waals surface area contributed by atoms with E-state index in [-0.39, 0.29) is 0 Å². The maximum Gasteiger partial charge on any atom is 0.115 e. The molecule has 0 spiro atoms. The van der Waals surface area contributed by atoms with Crippen LogP contribution in [0.25, 0.3) is 11.0 Å². The fraction of sp³-hybridized carbons (Fsp3) is 0.250. The van der Waals surface area contributed by atoms with Crippen LogP contribution in [0.3, 0.4) is 0 Å². The standard InChI is InChI=1S/C9H8N2.C7H10N2/c1-7-6-10-8-4-2-3-5-9(8)11-7;1-6(2)7-3-8-5-9-4-7/h2-6H,1H3;3-6H,1-2H3. The SMILES string of the molecule is CC(C)c1cncnc1.Cc1cnc2ccccc2n1. The molecule has 0 saturated heterocycles. The summed E-state index contributed by atoms with van der Waals surface area (Å²) in [5.41, 5.74) is 4.08. The number of benzene rings is 1.